The largest absolute Gasteiger partial charge is 0.468 e. The van der Waals surface area contributed by atoms with E-state index in [0.29, 0.717) is 10.6 Å². The van der Waals surface area contributed by atoms with Gasteiger partial charge in [-0.05, 0) is 43.9 Å². The maximum atomic E-state index is 12.1. The lowest BCUT2D eigenvalue weighted by molar-refractivity contribution is -0.115. The fourth-order valence-electron chi connectivity index (χ4n) is 2.81. The zero-order valence-corrected chi connectivity index (χ0v) is 13.7. The second-order valence-electron chi connectivity index (χ2n) is 5.59. The van der Waals surface area contributed by atoms with Crippen LogP contribution in [0.3, 0.4) is 0 Å². The third-order valence-electron chi connectivity index (χ3n) is 3.96. The number of aryl methyl sites for hydroxylation is 1. The zero-order valence-electron chi connectivity index (χ0n) is 12.8. The third-order valence-corrected chi connectivity index (χ3v) is 5.17. The van der Waals surface area contributed by atoms with Crippen LogP contribution in [0.4, 0.5) is 5.00 Å². The average molecular weight is 333 g/mol. The number of rotatable bonds is 6. The van der Waals surface area contributed by atoms with Crippen molar-refractivity contribution in [2.24, 2.45) is 5.73 Å². The Morgan fingerprint density at radius 1 is 1.43 bits per heavy atom. The summed E-state index contributed by atoms with van der Waals surface area (Å²) in [5.41, 5.74) is 6.97. The number of nitrogens with two attached hydrogens (primary N) is 1. The molecule has 6 nitrogen and oxygen atoms in total. The van der Waals surface area contributed by atoms with Crippen LogP contribution in [-0.4, -0.2) is 18.4 Å². The molecule has 7 heteroatoms. The Kier molecular flexibility index (Phi) is 4.49. The Morgan fingerprint density at radius 3 is 2.96 bits per heavy atom. The molecule has 0 radical (unpaired) electrons. The summed E-state index contributed by atoms with van der Waals surface area (Å²) in [5, 5.41) is 6.46. The SMILES string of the molecule is CC(NCC(=O)Nc1sc2c(c1C(N)=O)CCC2)c1ccco1. The van der Waals surface area contributed by atoms with Crippen molar-refractivity contribution in [3.63, 3.8) is 0 Å². The molecular formula is C16H19N3O3S. The van der Waals surface area contributed by atoms with Crippen LogP contribution in [0.25, 0.3) is 0 Å². The summed E-state index contributed by atoms with van der Waals surface area (Å²) in [5.74, 6) is 0.0909. The van der Waals surface area contributed by atoms with Crippen LogP contribution in [0.1, 0.15) is 45.9 Å². The van der Waals surface area contributed by atoms with Crippen LogP contribution in [0.5, 0.6) is 0 Å². The second-order valence-corrected chi connectivity index (χ2v) is 6.70. The molecule has 0 saturated heterocycles. The van der Waals surface area contributed by atoms with Crippen LogP contribution in [0, 0.1) is 0 Å². The minimum Gasteiger partial charge on any atom is -0.468 e. The number of hydrogen-bond donors (Lipinski definition) is 3. The smallest absolute Gasteiger partial charge is 0.251 e. The van der Waals surface area contributed by atoms with Crippen molar-refractivity contribution >= 4 is 28.2 Å². The number of nitrogens with one attached hydrogen (secondary N) is 2. The van der Waals surface area contributed by atoms with Crippen molar-refractivity contribution in [3.05, 3.63) is 40.2 Å². The molecule has 0 saturated carbocycles. The monoisotopic (exact) mass is 333 g/mol. The summed E-state index contributed by atoms with van der Waals surface area (Å²) < 4.78 is 5.28. The van der Waals surface area contributed by atoms with Crippen LogP contribution in [-0.2, 0) is 17.6 Å². The summed E-state index contributed by atoms with van der Waals surface area (Å²) in [6.07, 6.45) is 4.44. The van der Waals surface area contributed by atoms with Gasteiger partial charge in [-0.25, -0.2) is 0 Å². The first-order valence-corrected chi connectivity index (χ1v) is 8.39. The summed E-state index contributed by atoms with van der Waals surface area (Å²) in [6.45, 7) is 2.04. The molecule has 0 spiro atoms. The Balaban J connectivity index is 1.63. The maximum absolute atomic E-state index is 12.1. The Morgan fingerprint density at radius 2 is 2.26 bits per heavy atom. The Labute approximate surface area is 138 Å². The van der Waals surface area contributed by atoms with Gasteiger partial charge in [-0.2, -0.15) is 0 Å². The van der Waals surface area contributed by atoms with E-state index < -0.39 is 5.91 Å². The van der Waals surface area contributed by atoms with Crippen LogP contribution in [0.2, 0.25) is 0 Å². The van der Waals surface area contributed by atoms with E-state index in [4.69, 9.17) is 10.2 Å². The highest BCUT2D eigenvalue weighted by Crippen LogP contribution is 2.38. The number of furan rings is 1. The van der Waals surface area contributed by atoms with Gasteiger partial charge in [-0.15, -0.1) is 11.3 Å². The molecule has 2 amide bonds. The molecule has 122 valence electrons. The molecule has 1 atom stereocenters. The summed E-state index contributed by atoms with van der Waals surface area (Å²) in [7, 11) is 0. The summed E-state index contributed by atoms with van der Waals surface area (Å²) in [6, 6.07) is 3.59. The molecule has 3 rings (SSSR count). The second kappa shape index (κ2) is 6.55. The molecular weight excluding hydrogens is 314 g/mol. The molecule has 2 heterocycles. The van der Waals surface area contributed by atoms with Gasteiger partial charge in [0.15, 0.2) is 0 Å². The number of thiophene rings is 1. The average Bonchev–Trinajstić information content (AvgIpc) is 3.20. The molecule has 0 bridgehead atoms. The molecule has 2 aromatic heterocycles. The Bertz CT molecular complexity index is 721. The number of anilines is 1. The van der Waals surface area contributed by atoms with Gasteiger partial charge in [0, 0.05) is 4.88 Å². The van der Waals surface area contributed by atoms with Crippen molar-refractivity contribution < 1.29 is 14.0 Å². The van der Waals surface area contributed by atoms with Gasteiger partial charge >= 0.3 is 0 Å². The fourth-order valence-corrected chi connectivity index (χ4v) is 4.12. The van der Waals surface area contributed by atoms with Gasteiger partial charge in [-0.1, -0.05) is 0 Å². The molecule has 0 aromatic carbocycles. The predicted octanol–water partition coefficient (Wildman–Crippen LogP) is 2.22. The van der Waals surface area contributed by atoms with Gasteiger partial charge in [0.2, 0.25) is 5.91 Å². The normalized spacial score (nSPS) is 14.5. The highest BCUT2D eigenvalue weighted by Gasteiger charge is 2.26. The van der Waals surface area contributed by atoms with E-state index in [0.717, 1.165) is 35.5 Å². The lowest BCUT2D eigenvalue weighted by Crippen LogP contribution is -2.30. The van der Waals surface area contributed by atoms with E-state index in [2.05, 4.69) is 10.6 Å². The van der Waals surface area contributed by atoms with Crippen LogP contribution >= 0.6 is 11.3 Å². The summed E-state index contributed by atoms with van der Waals surface area (Å²) in [4.78, 5) is 25.0. The molecule has 23 heavy (non-hydrogen) atoms. The third kappa shape index (κ3) is 3.30. The molecule has 2 aromatic rings. The lowest BCUT2D eigenvalue weighted by atomic mass is 10.1. The van der Waals surface area contributed by atoms with Crippen molar-refractivity contribution in [3.8, 4) is 0 Å². The lowest BCUT2D eigenvalue weighted by Gasteiger charge is -2.11. The Hall–Kier alpha value is -2.12. The van der Waals surface area contributed by atoms with Gasteiger partial charge in [-0.3, -0.25) is 14.9 Å². The molecule has 0 aliphatic heterocycles. The minimum absolute atomic E-state index is 0.0697. The van der Waals surface area contributed by atoms with Gasteiger partial charge in [0.1, 0.15) is 10.8 Å². The molecule has 4 N–H and O–H groups in total. The fraction of sp³-hybridized carbons (Fsp3) is 0.375. The van der Waals surface area contributed by atoms with E-state index in [9.17, 15) is 9.59 Å². The van der Waals surface area contributed by atoms with Crippen molar-refractivity contribution in [1.82, 2.24) is 5.32 Å². The summed E-state index contributed by atoms with van der Waals surface area (Å²) >= 11 is 1.46. The molecule has 1 aliphatic rings. The molecule has 0 fully saturated rings. The number of amides is 2. The first-order valence-electron chi connectivity index (χ1n) is 7.57. The van der Waals surface area contributed by atoms with Gasteiger partial charge in [0.05, 0.1) is 24.4 Å². The van der Waals surface area contributed by atoms with E-state index in [1.807, 2.05) is 13.0 Å². The quantitative estimate of drug-likeness (QED) is 0.755. The van der Waals surface area contributed by atoms with Crippen LogP contribution < -0.4 is 16.4 Å². The minimum atomic E-state index is -0.475. The zero-order chi connectivity index (χ0) is 16.4. The van der Waals surface area contributed by atoms with Crippen LogP contribution in [0.15, 0.2) is 22.8 Å². The first-order chi connectivity index (χ1) is 11.1. The standard InChI is InChI=1S/C16H19N3O3S/c1-9(11-5-3-7-22-11)18-8-13(20)19-16-14(15(17)21)10-4-2-6-12(10)23-16/h3,5,7,9,18H,2,4,6,8H2,1H3,(H2,17,21)(H,19,20). The van der Waals surface area contributed by atoms with E-state index in [1.165, 1.54) is 11.3 Å². The highest BCUT2D eigenvalue weighted by atomic mass is 32.1. The van der Waals surface area contributed by atoms with Gasteiger partial charge < -0.3 is 15.5 Å². The first kappa shape index (κ1) is 15.8. The van der Waals surface area contributed by atoms with Crippen molar-refractivity contribution in [2.75, 3.05) is 11.9 Å². The van der Waals surface area contributed by atoms with Gasteiger partial charge in [0.25, 0.3) is 5.91 Å². The predicted molar refractivity (Wildman–Crippen MR) is 88.6 cm³/mol. The van der Waals surface area contributed by atoms with E-state index >= 15 is 0 Å². The number of carbonyl (C=O) groups is 2. The number of fused-ring (bicyclic) bond motifs is 1. The maximum Gasteiger partial charge on any atom is 0.251 e. The topological polar surface area (TPSA) is 97.4 Å². The van der Waals surface area contributed by atoms with E-state index in [1.54, 1.807) is 12.3 Å². The molecule has 1 aliphatic carbocycles. The number of carbonyl (C=O) groups excluding carboxylic acids is 2. The van der Waals surface area contributed by atoms with Crippen molar-refractivity contribution in [1.29, 1.82) is 0 Å². The number of hydrogen-bond acceptors (Lipinski definition) is 5. The van der Waals surface area contributed by atoms with Crippen molar-refractivity contribution in [2.45, 2.75) is 32.2 Å². The number of primary amides is 1. The highest BCUT2D eigenvalue weighted by molar-refractivity contribution is 7.17. The molecule has 1 unspecified atom stereocenters. The van der Waals surface area contributed by atoms with E-state index in [-0.39, 0.29) is 18.5 Å².